The van der Waals surface area contributed by atoms with Crippen LogP contribution in [0.15, 0.2) is 44.4 Å². The summed E-state index contributed by atoms with van der Waals surface area (Å²) in [5.41, 5.74) is 3.42. The first-order valence-corrected chi connectivity index (χ1v) is 8.19. The van der Waals surface area contributed by atoms with E-state index in [4.69, 9.17) is 23.2 Å². The fraction of sp³-hybridized carbons (Fsp3) is 0. The van der Waals surface area contributed by atoms with Crippen LogP contribution in [-0.2, 0) is 0 Å². The van der Waals surface area contributed by atoms with Gasteiger partial charge in [-0.1, -0.05) is 23.2 Å². The Morgan fingerprint density at radius 3 is 2.36 bits per heavy atom. The summed E-state index contributed by atoms with van der Waals surface area (Å²) < 4.78 is 1.03. The summed E-state index contributed by atoms with van der Waals surface area (Å²) in [5, 5.41) is 14.1. The van der Waals surface area contributed by atoms with Crippen molar-refractivity contribution in [1.82, 2.24) is 5.43 Å². The maximum absolute atomic E-state index is 11.9. The van der Waals surface area contributed by atoms with Gasteiger partial charge in [0.2, 0.25) is 0 Å². The lowest BCUT2D eigenvalue weighted by Crippen LogP contribution is -2.17. The lowest BCUT2D eigenvalue weighted by atomic mass is 10.2. The Kier molecular flexibility index (Phi) is 5.86. The Morgan fingerprint density at radius 1 is 1.14 bits per heavy atom. The van der Waals surface area contributed by atoms with E-state index in [1.165, 1.54) is 18.3 Å². The molecule has 114 valence electrons. The number of hydrogen-bond donors (Lipinski definition) is 2. The van der Waals surface area contributed by atoms with Gasteiger partial charge in [0.1, 0.15) is 5.75 Å². The van der Waals surface area contributed by atoms with Crippen molar-refractivity contribution in [3.8, 4) is 5.75 Å². The zero-order valence-corrected chi connectivity index (χ0v) is 15.5. The Labute approximate surface area is 153 Å². The minimum atomic E-state index is -0.410. The molecule has 2 N–H and O–H groups in total. The van der Waals surface area contributed by atoms with Crippen molar-refractivity contribution in [3.05, 3.63) is 60.4 Å². The second kappa shape index (κ2) is 7.46. The lowest BCUT2D eigenvalue weighted by molar-refractivity contribution is 0.0955. The number of phenols is 1. The van der Waals surface area contributed by atoms with Crippen molar-refractivity contribution in [2.24, 2.45) is 5.10 Å². The zero-order chi connectivity index (χ0) is 16.3. The standard InChI is InChI=1S/C14H8Br2Cl2N2O2/c15-9-3-7(4-10(16)13(9)21)6-19-20-14(22)8-1-2-11(17)12(18)5-8/h1-6,21H,(H,20,22)/b19-6-. The van der Waals surface area contributed by atoms with E-state index in [9.17, 15) is 9.90 Å². The molecular weight excluding hydrogens is 459 g/mol. The van der Waals surface area contributed by atoms with Crippen molar-refractivity contribution >= 4 is 67.2 Å². The number of rotatable bonds is 3. The first kappa shape index (κ1) is 17.3. The van der Waals surface area contributed by atoms with Crippen molar-refractivity contribution in [2.75, 3.05) is 0 Å². The predicted molar refractivity (Wildman–Crippen MR) is 95.0 cm³/mol. The summed E-state index contributed by atoms with van der Waals surface area (Å²) in [6.07, 6.45) is 1.45. The van der Waals surface area contributed by atoms with Gasteiger partial charge in [-0.2, -0.15) is 5.10 Å². The molecule has 0 saturated carbocycles. The van der Waals surface area contributed by atoms with Crippen LogP contribution in [0.5, 0.6) is 5.75 Å². The van der Waals surface area contributed by atoms with Crippen molar-refractivity contribution in [2.45, 2.75) is 0 Å². The minimum Gasteiger partial charge on any atom is -0.506 e. The third kappa shape index (κ3) is 4.23. The molecule has 2 aromatic carbocycles. The van der Waals surface area contributed by atoms with Crippen molar-refractivity contribution in [1.29, 1.82) is 0 Å². The molecule has 0 fully saturated rings. The van der Waals surface area contributed by atoms with Crippen LogP contribution >= 0.6 is 55.1 Å². The fourth-order valence-electron chi connectivity index (χ4n) is 1.53. The molecule has 0 radical (unpaired) electrons. The maximum atomic E-state index is 11.9. The Hall–Kier alpha value is -1.08. The molecule has 2 aromatic rings. The Balaban J connectivity index is 2.09. The highest BCUT2D eigenvalue weighted by Gasteiger charge is 2.07. The first-order chi connectivity index (χ1) is 10.4. The van der Waals surface area contributed by atoms with E-state index in [-0.39, 0.29) is 5.75 Å². The molecule has 0 aliphatic carbocycles. The molecule has 0 aliphatic rings. The highest BCUT2D eigenvalue weighted by Crippen LogP contribution is 2.32. The minimum absolute atomic E-state index is 0.0944. The van der Waals surface area contributed by atoms with Crippen LogP contribution in [0.2, 0.25) is 10.0 Å². The third-order valence-electron chi connectivity index (χ3n) is 2.60. The molecule has 0 aliphatic heterocycles. The third-order valence-corrected chi connectivity index (χ3v) is 4.55. The number of nitrogens with one attached hydrogen (secondary N) is 1. The molecule has 4 nitrogen and oxygen atoms in total. The second-order valence-electron chi connectivity index (χ2n) is 4.16. The number of carbonyl (C=O) groups excluding carboxylic acids is 1. The number of benzene rings is 2. The largest absolute Gasteiger partial charge is 0.506 e. The predicted octanol–water partition coefficient (Wildman–Crippen LogP) is 4.99. The number of aromatic hydroxyl groups is 1. The molecule has 0 atom stereocenters. The summed E-state index contributed by atoms with van der Waals surface area (Å²) in [6.45, 7) is 0. The quantitative estimate of drug-likeness (QED) is 0.494. The number of hydrazone groups is 1. The number of amides is 1. The van der Waals surface area contributed by atoms with Gasteiger partial charge in [0.05, 0.1) is 25.2 Å². The summed E-state index contributed by atoms with van der Waals surface area (Å²) in [7, 11) is 0. The van der Waals surface area contributed by atoms with Gasteiger partial charge in [0.15, 0.2) is 0 Å². The summed E-state index contributed by atoms with van der Waals surface area (Å²) in [5.74, 6) is -0.316. The molecule has 8 heteroatoms. The van der Waals surface area contributed by atoms with E-state index in [2.05, 4.69) is 42.4 Å². The Morgan fingerprint density at radius 2 is 1.77 bits per heavy atom. The van der Waals surface area contributed by atoms with E-state index in [1.807, 2.05) is 0 Å². The molecule has 22 heavy (non-hydrogen) atoms. The van der Waals surface area contributed by atoms with E-state index in [0.29, 0.717) is 30.1 Å². The van der Waals surface area contributed by atoms with Crippen LogP contribution < -0.4 is 5.43 Å². The van der Waals surface area contributed by atoms with Gasteiger partial charge in [-0.3, -0.25) is 4.79 Å². The van der Waals surface area contributed by atoms with E-state index in [1.54, 1.807) is 18.2 Å². The fourth-order valence-corrected chi connectivity index (χ4v) is 3.05. The maximum Gasteiger partial charge on any atom is 0.271 e. The van der Waals surface area contributed by atoms with Gasteiger partial charge in [0.25, 0.3) is 5.91 Å². The van der Waals surface area contributed by atoms with Gasteiger partial charge >= 0.3 is 0 Å². The average Bonchev–Trinajstić information content (AvgIpc) is 2.47. The highest BCUT2D eigenvalue weighted by molar-refractivity contribution is 9.11. The van der Waals surface area contributed by atoms with Crippen LogP contribution in [0.1, 0.15) is 15.9 Å². The number of hydrogen-bond acceptors (Lipinski definition) is 3. The molecule has 1 amide bonds. The monoisotopic (exact) mass is 464 g/mol. The van der Waals surface area contributed by atoms with Gasteiger partial charge in [0, 0.05) is 5.56 Å². The van der Waals surface area contributed by atoms with Crippen LogP contribution in [-0.4, -0.2) is 17.2 Å². The first-order valence-electron chi connectivity index (χ1n) is 5.85. The van der Waals surface area contributed by atoms with E-state index >= 15 is 0 Å². The SMILES string of the molecule is O=C(N/N=C\c1cc(Br)c(O)c(Br)c1)c1ccc(Cl)c(Cl)c1. The van der Waals surface area contributed by atoms with Crippen molar-refractivity contribution < 1.29 is 9.90 Å². The Bertz CT molecular complexity index is 743. The molecule has 0 heterocycles. The van der Waals surface area contributed by atoms with Gasteiger partial charge in [-0.05, 0) is 67.8 Å². The van der Waals surface area contributed by atoms with E-state index in [0.717, 1.165) is 0 Å². The normalized spacial score (nSPS) is 10.9. The molecule has 0 saturated heterocycles. The van der Waals surface area contributed by atoms with Crippen LogP contribution in [0.3, 0.4) is 0 Å². The van der Waals surface area contributed by atoms with Crippen LogP contribution in [0, 0.1) is 0 Å². The van der Waals surface area contributed by atoms with Crippen LogP contribution in [0.4, 0.5) is 0 Å². The van der Waals surface area contributed by atoms with Gasteiger partial charge in [-0.15, -0.1) is 0 Å². The highest BCUT2D eigenvalue weighted by atomic mass is 79.9. The van der Waals surface area contributed by atoms with E-state index < -0.39 is 5.91 Å². The van der Waals surface area contributed by atoms with Crippen LogP contribution in [0.25, 0.3) is 0 Å². The molecule has 0 aromatic heterocycles. The summed E-state index contributed by atoms with van der Waals surface area (Å²) >= 11 is 18.1. The zero-order valence-electron chi connectivity index (χ0n) is 10.8. The molecule has 2 rings (SSSR count). The topological polar surface area (TPSA) is 61.7 Å². The molecular formula is C14H8Br2Cl2N2O2. The lowest BCUT2D eigenvalue weighted by Gasteiger charge is -2.03. The molecule has 0 bridgehead atoms. The number of phenolic OH excluding ortho intramolecular Hbond substituents is 1. The summed E-state index contributed by atoms with van der Waals surface area (Å²) in [6, 6.07) is 7.87. The smallest absolute Gasteiger partial charge is 0.271 e. The number of nitrogens with zero attached hydrogens (tertiary/aromatic N) is 1. The number of halogens is 4. The average molecular weight is 467 g/mol. The second-order valence-corrected chi connectivity index (χ2v) is 6.68. The van der Waals surface area contributed by atoms with Gasteiger partial charge in [-0.25, -0.2) is 5.43 Å². The van der Waals surface area contributed by atoms with Gasteiger partial charge < -0.3 is 5.11 Å². The summed E-state index contributed by atoms with van der Waals surface area (Å²) in [4.78, 5) is 11.9. The molecule has 0 spiro atoms. The number of carbonyl (C=O) groups is 1. The molecule has 0 unspecified atom stereocenters. The van der Waals surface area contributed by atoms with Crippen molar-refractivity contribution in [3.63, 3.8) is 0 Å².